The molecule has 0 aliphatic carbocycles. The highest BCUT2D eigenvalue weighted by atomic mass is 32.2. The summed E-state index contributed by atoms with van der Waals surface area (Å²) in [5.41, 5.74) is 8.08. The van der Waals surface area contributed by atoms with Gasteiger partial charge >= 0.3 is 0 Å². The van der Waals surface area contributed by atoms with E-state index in [9.17, 15) is 0 Å². The van der Waals surface area contributed by atoms with Gasteiger partial charge in [-0.3, -0.25) is 0 Å². The lowest BCUT2D eigenvalue weighted by Gasteiger charge is -2.12. The Kier molecular flexibility index (Phi) is 3.41. The monoisotopic (exact) mass is 223 g/mol. The Morgan fingerprint density at radius 2 is 2.40 bits per heavy atom. The van der Waals surface area contributed by atoms with Crippen LogP contribution in [0.2, 0.25) is 0 Å². The van der Waals surface area contributed by atoms with Crippen LogP contribution in [0.15, 0.2) is 18.2 Å². The smallest absolute Gasteiger partial charge is 0.119 e. The van der Waals surface area contributed by atoms with E-state index in [1.54, 1.807) is 7.11 Å². The molecule has 2 rings (SSSR count). The van der Waals surface area contributed by atoms with Crippen molar-refractivity contribution in [3.63, 3.8) is 0 Å². The summed E-state index contributed by atoms with van der Waals surface area (Å²) in [4.78, 5) is 0. The third kappa shape index (κ3) is 2.59. The van der Waals surface area contributed by atoms with Crippen LogP contribution in [-0.2, 0) is 6.42 Å². The number of thioether (sulfide) groups is 1. The first kappa shape index (κ1) is 10.7. The number of hydrogen-bond acceptors (Lipinski definition) is 3. The Morgan fingerprint density at radius 3 is 3.07 bits per heavy atom. The molecule has 0 bridgehead atoms. The Morgan fingerprint density at radius 1 is 1.53 bits per heavy atom. The summed E-state index contributed by atoms with van der Waals surface area (Å²) in [6, 6.07) is 5.92. The minimum Gasteiger partial charge on any atom is -0.497 e. The van der Waals surface area contributed by atoms with Crippen LogP contribution in [-0.4, -0.2) is 18.1 Å². The number of anilines is 1. The van der Waals surface area contributed by atoms with Gasteiger partial charge in [-0.05, 0) is 48.8 Å². The zero-order chi connectivity index (χ0) is 10.7. The third-order valence-electron chi connectivity index (χ3n) is 2.82. The van der Waals surface area contributed by atoms with E-state index in [-0.39, 0.29) is 0 Å². The van der Waals surface area contributed by atoms with Gasteiger partial charge in [-0.15, -0.1) is 0 Å². The van der Waals surface area contributed by atoms with Gasteiger partial charge in [-0.25, -0.2) is 0 Å². The summed E-state index contributed by atoms with van der Waals surface area (Å²) in [6.07, 6.45) is 3.74. The van der Waals surface area contributed by atoms with Gasteiger partial charge < -0.3 is 10.5 Å². The highest BCUT2D eigenvalue weighted by Crippen LogP contribution is 2.31. The van der Waals surface area contributed by atoms with Gasteiger partial charge in [-0.1, -0.05) is 0 Å². The maximum absolute atomic E-state index is 5.96. The van der Waals surface area contributed by atoms with E-state index < -0.39 is 0 Å². The normalized spacial score (nSPS) is 20.5. The maximum Gasteiger partial charge on any atom is 0.119 e. The molecule has 1 atom stereocenters. The Labute approximate surface area is 95.2 Å². The van der Waals surface area contributed by atoms with Crippen LogP contribution < -0.4 is 10.5 Å². The van der Waals surface area contributed by atoms with Crippen LogP contribution in [0.1, 0.15) is 18.4 Å². The van der Waals surface area contributed by atoms with Crippen molar-refractivity contribution in [3.8, 4) is 5.75 Å². The fourth-order valence-corrected chi connectivity index (χ4v) is 3.23. The zero-order valence-electron chi connectivity index (χ0n) is 9.03. The molecule has 1 aliphatic rings. The zero-order valence-corrected chi connectivity index (χ0v) is 9.85. The minimum atomic E-state index is 0.749. The molecule has 15 heavy (non-hydrogen) atoms. The fourth-order valence-electron chi connectivity index (χ4n) is 1.94. The Balaban J connectivity index is 2.11. The molecule has 1 saturated heterocycles. The van der Waals surface area contributed by atoms with E-state index >= 15 is 0 Å². The maximum atomic E-state index is 5.96. The largest absolute Gasteiger partial charge is 0.497 e. The van der Waals surface area contributed by atoms with Gasteiger partial charge in [0.1, 0.15) is 5.75 Å². The van der Waals surface area contributed by atoms with E-state index in [2.05, 4.69) is 17.8 Å². The van der Waals surface area contributed by atoms with Crippen molar-refractivity contribution in [3.05, 3.63) is 23.8 Å². The van der Waals surface area contributed by atoms with Gasteiger partial charge in [-0.2, -0.15) is 11.8 Å². The molecule has 2 nitrogen and oxygen atoms in total. The third-order valence-corrected chi connectivity index (χ3v) is 4.22. The number of ether oxygens (including phenoxy) is 1. The molecule has 3 heteroatoms. The summed E-state index contributed by atoms with van der Waals surface area (Å²) in [6.45, 7) is 0. The number of hydrogen-bond donors (Lipinski definition) is 1. The standard InChI is InChI=1S/C12H17NOS/c1-14-10-4-5-12(13)9(7-10)8-11-3-2-6-15-11/h4-5,7,11H,2-3,6,8,13H2,1H3. The molecule has 1 heterocycles. The topological polar surface area (TPSA) is 35.2 Å². The average Bonchev–Trinajstić information content (AvgIpc) is 2.74. The highest BCUT2D eigenvalue weighted by Gasteiger charge is 2.17. The van der Waals surface area contributed by atoms with Gasteiger partial charge in [0.15, 0.2) is 0 Å². The SMILES string of the molecule is COc1ccc(N)c(CC2CCCS2)c1. The molecule has 0 amide bonds. The number of nitrogen functional groups attached to an aromatic ring is 1. The van der Waals surface area contributed by atoms with Gasteiger partial charge in [0.25, 0.3) is 0 Å². The predicted molar refractivity (Wildman–Crippen MR) is 66.6 cm³/mol. The van der Waals surface area contributed by atoms with Gasteiger partial charge in [0.2, 0.25) is 0 Å². The highest BCUT2D eigenvalue weighted by molar-refractivity contribution is 8.00. The lowest BCUT2D eigenvalue weighted by molar-refractivity contribution is 0.414. The molecule has 1 fully saturated rings. The molecule has 0 spiro atoms. The Hall–Kier alpha value is -0.830. The van der Waals surface area contributed by atoms with Crippen molar-refractivity contribution < 1.29 is 4.74 Å². The van der Waals surface area contributed by atoms with Gasteiger partial charge in [0, 0.05) is 10.9 Å². The minimum absolute atomic E-state index is 0.749. The summed E-state index contributed by atoms with van der Waals surface area (Å²) in [7, 11) is 1.69. The molecule has 0 aromatic heterocycles. The van der Waals surface area contributed by atoms with Crippen molar-refractivity contribution in [2.75, 3.05) is 18.6 Å². The number of rotatable bonds is 3. The van der Waals surface area contributed by atoms with Crippen molar-refractivity contribution in [2.24, 2.45) is 0 Å². The fraction of sp³-hybridized carbons (Fsp3) is 0.500. The quantitative estimate of drug-likeness (QED) is 0.800. The molecular formula is C12H17NOS. The first-order valence-corrected chi connectivity index (χ1v) is 6.38. The summed E-state index contributed by atoms with van der Waals surface area (Å²) in [5.74, 6) is 2.20. The van der Waals surface area contributed by atoms with Crippen molar-refractivity contribution in [1.29, 1.82) is 0 Å². The van der Waals surface area contributed by atoms with E-state index in [1.807, 2.05) is 12.1 Å². The summed E-state index contributed by atoms with van der Waals surface area (Å²) >= 11 is 2.06. The number of nitrogens with two attached hydrogens (primary N) is 1. The summed E-state index contributed by atoms with van der Waals surface area (Å²) < 4.78 is 5.21. The van der Waals surface area contributed by atoms with Crippen molar-refractivity contribution >= 4 is 17.4 Å². The number of methoxy groups -OCH3 is 1. The molecule has 1 unspecified atom stereocenters. The molecule has 0 radical (unpaired) electrons. The molecule has 0 saturated carbocycles. The lowest BCUT2D eigenvalue weighted by atomic mass is 10.0. The average molecular weight is 223 g/mol. The molecule has 1 aromatic carbocycles. The molecule has 82 valence electrons. The van der Waals surface area contributed by atoms with Crippen LogP contribution in [0, 0.1) is 0 Å². The van der Waals surface area contributed by atoms with Crippen LogP contribution in [0.4, 0.5) is 5.69 Å². The van der Waals surface area contributed by atoms with Crippen LogP contribution >= 0.6 is 11.8 Å². The van der Waals surface area contributed by atoms with Crippen LogP contribution in [0.3, 0.4) is 0 Å². The lowest BCUT2D eigenvalue weighted by Crippen LogP contribution is -2.05. The van der Waals surface area contributed by atoms with Crippen molar-refractivity contribution in [1.82, 2.24) is 0 Å². The van der Waals surface area contributed by atoms with Gasteiger partial charge in [0.05, 0.1) is 7.11 Å². The number of benzene rings is 1. The van der Waals surface area contributed by atoms with E-state index in [1.165, 1.54) is 24.2 Å². The predicted octanol–water partition coefficient (Wildman–Crippen LogP) is 2.72. The van der Waals surface area contributed by atoms with E-state index in [0.29, 0.717) is 0 Å². The van der Waals surface area contributed by atoms with Crippen molar-refractivity contribution in [2.45, 2.75) is 24.5 Å². The van der Waals surface area contributed by atoms with Crippen LogP contribution in [0.5, 0.6) is 5.75 Å². The Bertz CT molecular complexity index is 334. The molecule has 2 N–H and O–H groups in total. The second-order valence-corrected chi connectivity index (χ2v) is 5.31. The molecular weight excluding hydrogens is 206 g/mol. The molecule has 1 aromatic rings. The van der Waals surface area contributed by atoms with E-state index in [0.717, 1.165) is 23.1 Å². The van der Waals surface area contributed by atoms with E-state index in [4.69, 9.17) is 10.5 Å². The second-order valence-electron chi connectivity index (χ2n) is 3.90. The first-order valence-electron chi connectivity index (χ1n) is 5.33. The second kappa shape index (κ2) is 4.79. The first-order chi connectivity index (χ1) is 7.29. The molecule has 1 aliphatic heterocycles. The van der Waals surface area contributed by atoms with Crippen LogP contribution in [0.25, 0.3) is 0 Å². The summed E-state index contributed by atoms with van der Waals surface area (Å²) in [5, 5.41) is 0.749.